The van der Waals surface area contributed by atoms with Gasteiger partial charge >= 0.3 is 0 Å². The fourth-order valence-electron chi connectivity index (χ4n) is 4.41. The predicted octanol–water partition coefficient (Wildman–Crippen LogP) is 5.28. The predicted molar refractivity (Wildman–Crippen MR) is 91.1 cm³/mol. The minimum absolute atomic E-state index is 0.161. The van der Waals surface area contributed by atoms with Crippen LogP contribution in [0.2, 0.25) is 0 Å². The van der Waals surface area contributed by atoms with Crippen LogP contribution in [0, 0.1) is 23.2 Å². The van der Waals surface area contributed by atoms with Gasteiger partial charge in [-0.1, -0.05) is 49.3 Å². The van der Waals surface area contributed by atoms with Gasteiger partial charge in [-0.2, -0.15) is 0 Å². The van der Waals surface area contributed by atoms with Crippen LogP contribution in [0.5, 0.6) is 0 Å². The monoisotopic (exact) mass is 288 g/mol. The van der Waals surface area contributed by atoms with Crippen LogP contribution in [0.3, 0.4) is 0 Å². The number of hydrogen-bond acceptors (Lipinski definition) is 1. The molecule has 21 heavy (non-hydrogen) atoms. The summed E-state index contributed by atoms with van der Waals surface area (Å²) in [4.78, 5) is 0. The maximum Gasteiger partial charge on any atom is 0.0644 e. The van der Waals surface area contributed by atoms with Gasteiger partial charge in [-0.3, -0.25) is 0 Å². The molecule has 1 N–H and O–H groups in total. The summed E-state index contributed by atoms with van der Waals surface area (Å²) < 4.78 is 0. The third-order valence-electron chi connectivity index (χ3n) is 5.74. The molecule has 2 aliphatic carbocycles. The van der Waals surface area contributed by atoms with Crippen molar-refractivity contribution in [2.75, 3.05) is 0 Å². The Bertz CT molecular complexity index is 452. The zero-order chi connectivity index (χ0) is 15.6. The highest BCUT2D eigenvalue weighted by molar-refractivity contribution is 5.28. The van der Waals surface area contributed by atoms with Gasteiger partial charge in [-0.05, 0) is 63.7 Å². The second-order valence-corrected chi connectivity index (χ2v) is 7.78. The van der Waals surface area contributed by atoms with Crippen LogP contribution in [0.1, 0.15) is 60.3 Å². The van der Waals surface area contributed by atoms with E-state index < -0.39 is 0 Å². The van der Waals surface area contributed by atoms with E-state index in [2.05, 4.69) is 58.9 Å². The summed E-state index contributed by atoms with van der Waals surface area (Å²) in [6.45, 7) is 11.2. The van der Waals surface area contributed by atoms with Crippen molar-refractivity contribution >= 4 is 0 Å². The van der Waals surface area contributed by atoms with Gasteiger partial charge < -0.3 is 5.11 Å². The molecule has 0 aromatic heterocycles. The maximum absolute atomic E-state index is 11.0. The summed E-state index contributed by atoms with van der Waals surface area (Å²) in [7, 11) is 0. The molecule has 2 rings (SSSR count). The largest absolute Gasteiger partial charge is 0.392 e. The van der Waals surface area contributed by atoms with Gasteiger partial charge in [0.25, 0.3) is 0 Å². The van der Waals surface area contributed by atoms with Crippen LogP contribution >= 0.6 is 0 Å². The van der Waals surface area contributed by atoms with Crippen molar-refractivity contribution in [2.24, 2.45) is 23.2 Å². The second-order valence-electron chi connectivity index (χ2n) is 7.78. The molecule has 1 heteroatoms. The third kappa shape index (κ3) is 3.51. The Morgan fingerprint density at radius 2 is 2.19 bits per heavy atom. The van der Waals surface area contributed by atoms with E-state index in [1.807, 2.05) is 0 Å². The number of allylic oxidation sites excluding steroid dienone is 5. The zero-order valence-corrected chi connectivity index (χ0v) is 14.4. The molecule has 1 nitrogen and oxygen atoms in total. The minimum Gasteiger partial charge on any atom is -0.392 e. The SMILES string of the molecule is CC(C)=CCC[C@@H](C)[C@@H]1CC[C@@]2(C)C=CC=C(C)C2[C@@H]1O. The van der Waals surface area contributed by atoms with Gasteiger partial charge in [-0.25, -0.2) is 0 Å². The van der Waals surface area contributed by atoms with Crippen molar-refractivity contribution in [2.45, 2.75) is 66.4 Å². The third-order valence-corrected chi connectivity index (χ3v) is 5.74. The molecule has 0 spiro atoms. The van der Waals surface area contributed by atoms with E-state index in [0.717, 1.165) is 12.8 Å². The number of rotatable bonds is 4. The molecule has 1 unspecified atom stereocenters. The highest BCUT2D eigenvalue weighted by atomic mass is 16.3. The Labute approximate surface area is 130 Å². The van der Waals surface area contributed by atoms with Gasteiger partial charge in [0.15, 0.2) is 0 Å². The summed E-state index contributed by atoms with van der Waals surface area (Å²) in [5.41, 5.74) is 2.91. The normalized spacial score (nSPS) is 36.7. The van der Waals surface area contributed by atoms with E-state index in [0.29, 0.717) is 17.8 Å². The molecular weight excluding hydrogens is 256 g/mol. The van der Waals surface area contributed by atoms with Gasteiger partial charge in [0, 0.05) is 5.92 Å². The number of aliphatic hydroxyl groups excluding tert-OH is 1. The lowest BCUT2D eigenvalue weighted by Crippen LogP contribution is -2.47. The molecule has 0 aromatic carbocycles. The molecule has 1 saturated carbocycles. The molecule has 118 valence electrons. The summed E-state index contributed by atoms with van der Waals surface area (Å²) in [5.74, 6) is 1.36. The van der Waals surface area contributed by atoms with Gasteiger partial charge in [0.1, 0.15) is 0 Å². The Balaban J connectivity index is 2.06. The van der Waals surface area contributed by atoms with Crippen LogP contribution in [-0.4, -0.2) is 11.2 Å². The van der Waals surface area contributed by atoms with E-state index in [4.69, 9.17) is 0 Å². The molecule has 0 amide bonds. The van der Waals surface area contributed by atoms with Crippen LogP contribution in [0.4, 0.5) is 0 Å². The molecule has 0 heterocycles. The van der Waals surface area contributed by atoms with E-state index >= 15 is 0 Å². The van der Waals surface area contributed by atoms with E-state index in [9.17, 15) is 5.11 Å². The molecule has 0 saturated heterocycles. The molecule has 0 aliphatic heterocycles. The Morgan fingerprint density at radius 3 is 2.86 bits per heavy atom. The van der Waals surface area contributed by atoms with E-state index in [-0.39, 0.29) is 11.5 Å². The van der Waals surface area contributed by atoms with E-state index in [1.165, 1.54) is 24.0 Å². The summed E-state index contributed by atoms with van der Waals surface area (Å²) in [6, 6.07) is 0. The number of fused-ring (bicyclic) bond motifs is 1. The fourth-order valence-corrected chi connectivity index (χ4v) is 4.41. The fraction of sp³-hybridized carbons (Fsp3) is 0.700. The van der Waals surface area contributed by atoms with E-state index in [1.54, 1.807) is 0 Å². The highest BCUT2D eigenvalue weighted by Crippen LogP contribution is 2.51. The molecule has 0 radical (unpaired) electrons. The first kappa shape index (κ1) is 16.5. The van der Waals surface area contributed by atoms with Crippen LogP contribution in [0.15, 0.2) is 35.5 Å². The Kier molecular flexibility index (Phi) is 5.14. The topological polar surface area (TPSA) is 20.2 Å². The van der Waals surface area contributed by atoms with Crippen LogP contribution in [0.25, 0.3) is 0 Å². The van der Waals surface area contributed by atoms with Crippen molar-refractivity contribution < 1.29 is 5.11 Å². The van der Waals surface area contributed by atoms with Gasteiger partial charge in [-0.15, -0.1) is 0 Å². The minimum atomic E-state index is -0.188. The van der Waals surface area contributed by atoms with Crippen molar-refractivity contribution in [3.05, 3.63) is 35.5 Å². The Morgan fingerprint density at radius 1 is 1.48 bits per heavy atom. The smallest absolute Gasteiger partial charge is 0.0644 e. The lowest BCUT2D eigenvalue weighted by atomic mass is 9.57. The molecule has 0 aromatic rings. The first-order valence-corrected chi connectivity index (χ1v) is 8.52. The molecule has 5 atom stereocenters. The standard InChI is InChI=1S/C20H32O/c1-14(2)8-6-9-15(3)17-11-13-20(5)12-7-10-16(4)18(20)19(17)21/h7-8,10,12,15,17-19,21H,6,9,11,13H2,1-5H3/t15-,17+,18?,19-,20-/m1/s1. The van der Waals surface area contributed by atoms with Crippen LogP contribution in [-0.2, 0) is 0 Å². The van der Waals surface area contributed by atoms with Gasteiger partial charge in [0.2, 0.25) is 0 Å². The second kappa shape index (κ2) is 6.52. The Hall–Kier alpha value is -0.820. The molecular formula is C20H32O. The first-order chi connectivity index (χ1) is 9.85. The summed E-state index contributed by atoms with van der Waals surface area (Å²) >= 11 is 0. The summed E-state index contributed by atoms with van der Waals surface area (Å²) in [5, 5.41) is 11.0. The lowest BCUT2D eigenvalue weighted by molar-refractivity contribution is -0.0413. The average molecular weight is 288 g/mol. The molecule has 2 aliphatic rings. The lowest BCUT2D eigenvalue weighted by Gasteiger charge is -2.49. The maximum atomic E-state index is 11.0. The first-order valence-electron chi connectivity index (χ1n) is 8.52. The van der Waals surface area contributed by atoms with Gasteiger partial charge in [0.05, 0.1) is 6.10 Å². The molecule has 0 bridgehead atoms. The van der Waals surface area contributed by atoms with Crippen molar-refractivity contribution in [3.63, 3.8) is 0 Å². The number of aliphatic hydroxyl groups is 1. The summed E-state index contributed by atoms with van der Waals surface area (Å²) in [6.07, 6.45) is 13.5. The molecule has 1 fully saturated rings. The zero-order valence-electron chi connectivity index (χ0n) is 14.4. The average Bonchev–Trinajstić information content (AvgIpc) is 2.37. The van der Waals surface area contributed by atoms with Crippen molar-refractivity contribution in [1.29, 1.82) is 0 Å². The number of hydrogen-bond donors (Lipinski definition) is 1. The van der Waals surface area contributed by atoms with Crippen molar-refractivity contribution in [1.82, 2.24) is 0 Å². The quantitative estimate of drug-likeness (QED) is 0.698. The highest BCUT2D eigenvalue weighted by Gasteiger charge is 2.47. The van der Waals surface area contributed by atoms with Crippen LogP contribution < -0.4 is 0 Å². The van der Waals surface area contributed by atoms with Crippen molar-refractivity contribution in [3.8, 4) is 0 Å².